The van der Waals surface area contributed by atoms with Gasteiger partial charge in [-0.3, -0.25) is 19.3 Å². The lowest BCUT2D eigenvalue weighted by Gasteiger charge is -2.13. The SMILES string of the molecule is COC(=O)COc1c(I)cc(/C=C2\SC(=O)N(CC(=O)Nc3ccccc3F)C2=O)cc1I. The first-order chi connectivity index (χ1) is 15.7. The molecule has 0 saturated carbocycles. The highest BCUT2D eigenvalue weighted by Crippen LogP contribution is 2.34. The van der Waals surface area contributed by atoms with Crippen LogP contribution in [0.1, 0.15) is 5.56 Å². The number of thioether (sulfide) groups is 1. The Morgan fingerprint density at radius 3 is 2.48 bits per heavy atom. The molecule has 33 heavy (non-hydrogen) atoms. The van der Waals surface area contributed by atoms with Crippen LogP contribution in [0.4, 0.5) is 14.9 Å². The number of nitrogens with zero attached hydrogens (tertiary/aromatic N) is 1. The summed E-state index contributed by atoms with van der Waals surface area (Å²) in [5.74, 6) is -1.96. The van der Waals surface area contributed by atoms with Gasteiger partial charge >= 0.3 is 5.97 Å². The molecule has 12 heteroatoms. The molecule has 0 aliphatic carbocycles. The molecular formula is C21H15FI2N2O6S. The van der Waals surface area contributed by atoms with Gasteiger partial charge in [-0.1, -0.05) is 12.1 Å². The van der Waals surface area contributed by atoms with Crippen molar-refractivity contribution in [3.63, 3.8) is 0 Å². The van der Waals surface area contributed by atoms with Crippen molar-refractivity contribution in [3.8, 4) is 5.75 Å². The van der Waals surface area contributed by atoms with E-state index < -0.39 is 35.4 Å². The van der Waals surface area contributed by atoms with E-state index in [4.69, 9.17) is 4.74 Å². The summed E-state index contributed by atoms with van der Waals surface area (Å²) in [6, 6.07) is 9.06. The fraction of sp³-hybridized carbons (Fsp3) is 0.143. The number of nitrogens with one attached hydrogen (secondary N) is 1. The zero-order valence-electron chi connectivity index (χ0n) is 16.9. The maximum atomic E-state index is 13.7. The second-order valence-corrected chi connectivity index (χ2v) is 9.79. The maximum absolute atomic E-state index is 13.7. The van der Waals surface area contributed by atoms with Crippen molar-refractivity contribution in [1.29, 1.82) is 0 Å². The van der Waals surface area contributed by atoms with Crippen LogP contribution in [0.15, 0.2) is 41.3 Å². The molecule has 1 aliphatic heterocycles. The Hall–Kier alpha value is -2.20. The minimum absolute atomic E-state index is 0.0383. The van der Waals surface area contributed by atoms with Crippen LogP contribution >= 0.6 is 56.9 Å². The zero-order chi connectivity index (χ0) is 24.1. The lowest BCUT2D eigenvalue weighted by atomic mass is 10.2. The molecule has 1 saturated heterocycles. The van der Waals surface area contributed by atoms with Gasteiger partial charge in [0, 0.05) is 0 Å². The summed E-state index contributed by atoms with van der Waals surface area (Å²) in [5.41, 5.74) is 0.596. The number of amides is 3. The van der Waals surface area contributed by atoms with Gasteiger partial charge in [-0.05, 0) is 92.8 Å². The van der Waals surface area contributed by atoms with Crippen molar-refractivity contribution in [2.45, 2.75) is 0 Å². The molecule has 1 N–H and O–H groups in total. The number of rotatable bonds is 7. The number of hydrogen-bond donors (Lipinski definition) is 1. The van der Waals surface area contributed by atoms with E-state index in [0.29, 0.717) is 30.2 Å². The third-order valence-corrected chi connectivity index (χ3v) is 6.71. The molecule has 0 atom stereocenters. The molecule has 3 amide bonds. The van der Waals surface area contributed by atoms with Crippen LogP contribution in [0.5, 0.6) is 5.75 Å². The number of carbonyl (C=O) groups is 4. The molecule has 8 nitrogen and oxygen atoms in total. The van der Waals surface area contributed by atoms with Gasteiger partial charge in [0.05, 0.1) is 24.8 Å². The number of ether oxygens (including phenoxy) is 2. The molecule has 1 aliphatic rings. The number of imide groups is 1. The molecule has 1 fully saturated rings. The fourth-order valence-electron chi connectivity index (χ4n) is 2.67. The van der Waals surface area contributed by atoms with Gasteiger partial charge in [0.15, 0.2) is 6.61 Å². The highest BCUT2D eigenvalue weighted by atomic mass is 127. The fourth-order valence-corrected chi connectivity index (χ4v) is 5.64. The van der Waals surface area contributed by atoms with Gasteiger partial charge in [-0.25, -0.2) is 9.18 Å². The van der Waals surface area contributed by atoms with Crippen LogP contribution in [0, 0.1) is 13.0 Å². The van der Waals surface area contributed by atoms with Crippen molar-refractivity contribution in [2.75, 3.05) is 25.6 Å². The summed E-state index contributed by atoms with van der Waals surface area (Å²) >= 11 is 4.78. The number of methoxy groups -OCH3 is 1. The topological polar surface area (TPSA) is 102 Å². The van der Waals surface area contributed by atoms with Crippen molar-refractivity contribution < 1.29 is 33.0 Å². The minimum Gasteiger partial charge on any atom is -0.480 e. The molecular weight excluding hydrogens is 681 g/mol. The van der Waals surface area contributed by atoms with Crippen molar-refractivity contribution in [2.24, 2.45) is 0 Å². The third kappa shape index (κ3) is 6.44. The van der Waals surface area contributed by atoms with Crippen LogP contribution in [0.25, 0.3) is 6.08 Å². The van der Waals surface area contributed by atoms with Crippen molar-refractivity contribution >= 4 is 91.7 Å². The van der Waals surface area contributed by atoms with Gasteiger partial charge in [0.1, 0.15) is 18.1 Å². The molecule has 2 aromatic carbocycles. The summed E-state index contributed by atoms with van der Waals surface area (Å²) in [5, 5.41) is 1.75. The quantitative estimate of drug-likeness (QED) is 0.263. The van der Waals surface area contributed by atoms with E-state index in [1.807, 2.05) is 45.2 Å². The van der Waals surface area contributed by atoms with Crippen molar-refractivity contribution in [1.82, 2.24) is 4.90 Å². The van der Waals surface area contributed by atoms with E-state index in [2.05, 4.69) is 10.1 Å². The van der Waals surface area contributed by atoms with E-state index in [-0.39, 0.29) is 17.2 Å². The van der Waals surface area contributed by atoms with Gasteiger partial charge in [0.25, 0.3) is 11.1 Å². The predicted molar refractivity (Wildman–Crippen MR) is 137 cm³/mol. The van der Waals surface area contributed by atoms with E-state index in [1.165, 1.54) is 31.4 Å². The van der Waals surface area contributed by atoms with E-state index in [1.54, 1.807) is 18.2 Å². The Morgan fingerprint density at radius 2 is 1.85 bits per heavy atom. The normalized spacial score (nSPS) is 14.5. The average molecular weight is 696 g/mol. The summed E-state index contributed by atoms with van der Waals surface area (Å²) in [7, 11) is 1.27. The first kappa shape index (κ1) is 25.4. The first-order valence-electron chi connectivity index (χ1n) is 9.18. The third-order valence-electron chi connectivity index (χ3n) is 4.20. The Morgan fingerprint density at radius 1 is 1.18 bits per heavy atom. The Balaban J connectivity index is 1.72. The summed E-state index contributed by atoms with van der Waals surface area (Å²) in [6.07, 6.45) is 1.54. The average Bonchev–Trinajstić information content (AvgIpc) is 3.01. The molecule has 0 unspecified atom stereocenters. The highest BCUT2D eigenvalue weighted by molar-refractivity contribution is 14.1. The Bertz CT molecular complexity index is 1150. The Labute approximate surface area is 219 Å². The standard InChI is InChI=1S/C21H15FI2N2O6S/c1-31-18(28)10-32-19-13(23)6-11(7-14(19)24)8-16-20(29)26(21(30)33-16)9-17(27)25-15-5-3-2-4-12(15)22/h2-8H,9-10H2,1H3,(H,25,27)/b16-8-. The van der Waals surface area contributed by atoms with E-state index >= 15 is 0 Å². The summed E-state index contributed by atoms with van der Waals surface area (Å²) in [6.45, 7) is -0.776. The van der Waals surface area contributed by atoms with Gasteiger partial charge in [-0.15, -0.1) is 0 Å². The lowest BCUT2D eigenvalue weighted by Crippen LogP contribution is -2.36. The monoisotopic (exact) mass is 696 g/mol. The van der Waals surface area contributed by atoms with Gasteiger partial charge < -0.3 is 14.8 Å². The van der Waals surface area contributed by atoms with Crippen LogP contribution < -0.4 is 10.1 Å². The number of carbonyl (C=O) groups excluding carboxylic acids is 4. The van der Waals surface area contributed by atoms with Crippen LogP contribution in [0.3, 0.4) is 0 Å². The lowest BCUT2D eigenvalue weighted by molar-refractivity contribution is -0.143. The number of hydrogen-bond acceptors (Lipinski definition) is 7. The molecule has 0 spiro atoms. The summed E-state index contributed by atoms with van der Waals surface area (Å²) < 4.78 is 25.1. The second kappa shape index (κ2) is 11.3. The largest absolute Gasteiger partial charge is 0.480 e. The van der Waals surface area contributed by atoms with E-state index in [9.17, 15) is 23.6 Å². The smallest absolute Gasteiger partial charge is 0.343 e. The van der Waals surface area contributed by atoms with Crippen molar-refractivity contribution in [3.05, 3.63) is 59.8 Å². The van der Waals surface area contributed by atoms with Gasteiger partial charge in [-0.2, -0.15) is 0 Å². The number of halogens is 3. The Kier molecular flexibility index (Phi) is 8.69. The second-order valence-electron chi connectivity index (χ2n) is 6.47. The number of esters is 1. The highest BCUT2D eigenvalue weighted by Gasteiger charge is 2.36. The number of para-hydroxylation sites is 1. The molecule has 0 bridgehead atoms. The predicted octanol–water partition coefficient (Wildman–Crippen LogP) is 4.26. The molecule has 0 aromatic heterocycles. The number of benzene rings is 2. The summed E-state index contributed by atoms with van der Waals surface area (Å²) in [4.78, 5) is 49.5. The molecule has 172 valence electrons. The van der Waals surface area contributed by atoms with E-state index in [0.717, 1.165) is 4.90 Å². The van der Waals surface area contributed by atoms with Gasteiger partial charge in [0.2, 0.25) is 5.91 Å². The molecule has 0 radical (unpaired) electrons. The zero-order valence-corrected chi connectivity index (χ0v) is 22.0. The van der Waals surface area contributed by atoms with Crippen LogP contribution in [-0.4, -0.2) is 48.2 Å². The number of anilines is 1. The maximum Gasteiger partial charge on any atom is 0.343 e. The molecule has 3 rings (SSSR count). The first-order valence-corrected chi connectivity index (χ1v) is 12.2. The van der Waals surface area contributed by atoms with Crippen LogP contribution in [0.2, 0.25) is 0 Å². The molecule has 1 heterocycles. The minimum atomic E-state index is -0.695. The molecule has 2 aromatic rings. The van der Waals surface area contributed by atoms with Crippen LogP contribution in [-0.2, 0) is 19.1 Å².